The minimum absolute atomic E-state index is 0.584. The Kier molecular flexibility index (Phi) is 6.27. The summed E-state index contributed by atoms with van der Waals surface area (Å²) in [6.45, 7) is 8.90. The van der Waals surface area contributed by atoms with Gasteiger partial charge in [0.2, 0.25) is 0 Å². The van der Waals surface area contributed by atoms with Gasteiger partial charge in [-0.1, -0.05) is 20.1 Å². The van der Waals surface area contributed by atoms with Crippen molar-refractivity contribution in [3.05, 3.63) is 25.7 Å². The van der Waals surface area contributed by atoms with Crippen molar-refractivity contribution in [2.45, 2.75) is 18.8 Å². The van der Waals surface area contributed by atoms with Crippen LogP contribution >= 0.6 is 0 Å². The smallest absolute Gasteiger partial charge is 0.459 e. The van der Waals surface area contributed by atoms with Crippen molar-refractivity contribution >= 4 is 9.28 Å². The minimum Gasteiger partial charge on any atom is -0.459 e. The second kappa shape index (κ2) is 6.64. The first-order valence-electron chi connectivity index (χ1n) is 4.23. The molecule has 0 atom stereocenters. The molecule has 14 heavy (non-hydrogen) atoms. The molecule has 1 radical (unpaired) electrons. The maximum atomic E-state index is 5.33. The van der Waals surface area contributed by atoms with Crippen LogP contribution in [0, 0.1) is 0 Å². The summed E-state index contributed by atoms with van der Waals surface area (Å²) < 4.78 is 21.0. The van der Waals surface area contributed by atoms with E-state index in [0.717, 1.165) is 0 Å². The van der Waals surface area contributed by atoms with Gasteiger partial charge in [-0.2, -0.15) is 0 Å². The SMILES string of the molecule is C=COC(CC)(OC=C)[Si](OC)OC. The van der Waals surface area contributed by atoms with Gasteiger partial charge in [-0.3, -0.25) is 0 Å². The zero-order valence-corrected chi connectivity index (χ0v) is 9.91. The predicted molar refractivity (Wildman–Crippen MR) is 55.4 cm³/mol. The average Bonchev–Trinajstić information content (AvgIpc) is 2.20. The highest BCUT2D eigenvalue weighted by molar-refractivity contribution is 6.47. The van der Waals surface area contributed by atoms with Crippen molar-refractivity contribution in [3.63, 3.8) is 0 Å². The molecule has 0 aromatic carbocycles. The Bertz CT molecular complexity index is 170. The highest BCUT2D eigenvalue weighted by Crippen LogP contribution is 2.23. The first-order chi connectivity index (χ1) is 6.70. The summed E-state index contributed by atoms with van der Waals surface area (Å²) in [7, 11) is 1.43. The third-order valence-corrected chi connectivity index (χ3v) is 3.65. The van der Waals surface area contributed by atoms with Crippen LogP contribution in [0.3, 0.4) is 0 Å². The molecule has 0 aliphatic heterocycles. The van der Waals surface area contributed by atoms with Crippen LogP contribution in [-0.4, -0.2) is 28.9 Å². The molecule has 0 fully saturated rings. The third kappa shape index (κ3) is 2.86. The van der Waals surface area contributed by atoms with E-state index in [-0.39, 0.29) is 0 Å². The van der Waals surface area contributed by atoms with Crippen LogP contribution in [0.25, 0.3) is 0 Å². The van der Waals surface area contributed by atoms with Crippen LogP contribution in [0.1, 0.15) is 13.3 Å². The normalized spacial score (nSPS) is 11.1. The molecule has 0 bridgehead atoms. The summed E-state index contributed by atoms with van der Waals surface area (Å²) in [5.41, 5.74) is -0.919. The second-order valence-corrected chi connectivity index (χ2v) is 4.52. The fourth-order valence-electron chi connectivity index (χ4n) is 1.10. The van der Waals surface area contributed by atoms with Gasteiger partial charge in [0.25, 0.3) is 5.41 Å². The molecule has 0 heterocycles. The lowest BCUT2D eigenvalue weighted by Gasteiger charge is -2.33. The Morgan fingerprint density at radius 2 is 1.57 bits per heavy atom. The van der Waals surface area contributed by atoms with Crippen LogP contribution in [0.5, 0.6) is 0 Å². The average molecular weight is 217 g/mol. The zero-order chi connectivity index (χ0) is 11.0. The quantitative estimate of drug-likeness (QED) is 0.352. The van der Waals surface area contributed by atoms with Crippen LogP contribution in [0.15, 0.2) is 25.7 Å². The summed E-state index contributed by atoms with van der Waals surface area (Å²) in [4.78, 5) is 0. The maximum Gasteiger partial charge on any atom is 0.484 e. The second-order valence-electron chi connectivity index (χ2n) is 2.37. The standard InChI is InChI=1S/C9H17O4Si/c1-6-9(12-7-2,13-8-3)14(10-4)11-5/h7-8H,2-3,6H2,1,4-5H3. The lowest BCUT2D eigenvalue weighted by atomic mass is 10.4. The van der Waals surface area contributed by atoms with Crippen molar-refractivity contribution < 1.29 is 18.3 Å². The van der Waals surface area contributed by atoms with E-state index in [1.807, 2.05) is 6.92 Å². The topological polar surface area (TPSA) is 36.9 Å². The summed E-state index contributed by atoms with van der Waals surface area (Å²) in [5.74, 6) is 0. The summed E-state index contributed by atoms with van der Waals surface area (Å²) in [6, 6.07) is 0. The van der Waals surface area contributed by atoms with E-state index in [1.54, 1.807) is 14.2 Å². The monoisotopic (exact) mass is 217 g/mol. The van der Waals surface area contributed by atoms with E-state index < -0.39 is 14.7 Å². The van der Waals surface area contributed by atoms with E-state index in [1.165, 1.54) is 12.5 Å². The van der Waals surface area contributed by atoms with Gasteiger partial charge < -0.3 is 18.3 Å². The van der Waals surface area contributed by atoms with Crippen molar-refractivity contribution in [2.75, 3.05) is 14.2 Å². The molecular weight excluding hydrogens is 200 g/mol. The van der Waals surface area contributed by atoms with Crippen molar-refractivity contribution in [1.82, 2.24) is 0 Å². The predicted octanol–water partition coefficient (Wildman–Crippen LogP) is 1.73. The highest BCUT2D eigenvalue weighted by atomic mass is 28.3. The van der Waals surface area contributed by atoms with E-state index in [4.69, 9.17) is 18.3 Å². The van der Waals surface area contributed by atoms with Gasteiger partial charge in [-0.05, 0) is 0 Å². The Morgan fingerprint density at radius 1 is 1.14 bits per heavy atom. The summed E-state index contributed by atoms with van der Waals surface area (Å²) in [5, 5.41) is 0. The van der Waals surface area contributed by atoms with Crippen molar-refractivity contribution in [3.8, 4) is 0 Å². The Morgan fingerprint density at radius 3 is 1.79 bits per heavy atom. The lowest BCUT2D eigenvalue weighted by Crippen LogP contribution is -2.51. The first kappa shape index (κ1) is 13.2. The molecule has 0 rings (SSSR count). The number of hydrogen-bond donors (Lipinski definition) is 0. The molecule has 0 amide bonds. The van der Waals surface area contributed by atoms with Gasteiger partial charge in [0.15, 0.2) is 0 Å². The summed E-state index contributed by atoms with van der Waals surface area (Å²) in [6.07, 6.45) is 3.21. The molecule has 0 aliphatic carbocycles. The Labute approximate surface area is 87.0 Å². The largest absolute Gasteiger partial charge is 0.484 e. The molecule has 0 aliphatic rings. The van der Waals surface area contributed by atoms with Gasteiger partial charge in [-0.25, -0.2) is 0 Å². The van der Waals surface area contributed by atoms with Crippen LogP contribution in [0.2, 0.25) is 0 Å². The molecule has 0 saturated heterocycles. The van der Waals surface area contributed by atoms with Crippen LogP contribution in [0.4, 0.5) is 0 Å². The summed E-state index contributed by atoms with van der Waals surface area (Å²) >= 11 is 0. The first-order valence-corrected chi connectivity index (χ1v) is 5.55. The van der Waals surface area contributed by atoms with Gasteiger partial charge >= 0.3 is 9.28 Å². The number of ether oxygens (including phenoxy) is 2. The molecule has 4 nitrogen and oxygen atoms in total. The maximum absolute atomic E-state index is 5.33. The Balaban J connectivity index is 4.76. The van der Waals surface area contributed by atoms with Gasteiger partial charge in [0.1, 0.15) is 0 Å². The minimum atomic E-state index is -1.68. The number of hydrogen-bond acceptors (Lipinski definition) is 4. The Hall–Kier alpha value is -0.783. The van der Waals surface area contributed by atoms with Crippen molar-refractivity contribution in [2.24, 2.45) is 0 Å². The van der Waals surface area contributed by atoms with Crippen LogP contribution in [-0.2, 0) is 18.3 Å². The molecule has 0 aromatic heterocycles. The third-order valence-electron chi connectivity index (χ3n) is 1.69. The highest BCUT2D eigenvalue weighted by Gasteiger charge is 2.46. The molecule has 5 heteroatoms. The van der Waals surface area contributed by atoms with Gasteiger partial charge in [-0.15, -0.1) is 0 Å². The van der Waals surface area contributed by atoms with E-state index >= 15 is 0 Å². The molecule has 0 unspecified atom stereocenters. The molecule has 0 aromatic rings. The van der Waals surface area contributed by atoms with Gasteiger partial charge in [0, 0.05) is 20.6 Å². The molecule has 81 valence electrons. The zero-order valence-electron chi connectivity index (χ0n) is 8.91. The molecule has 0 saturated carbocycles. The van der Waals surface area contributed by atoms with E-state index in [0.29, 0.717) is 6.42 Å². The van der Waals surface area contributed by atoms with Crippen molar-refractivity contribution in [1.29, 1.82) is 0 Å². The number of rotatable bonds is 8. The van der Waals surface area contributed by atoms with E-state index in [2.05, 4.69) is 13.2 Å². The lowest BCUT2D eigenvalue weighted by molar-refractivity contribution is -0.132. The fraction of sp³-hybridized carbons (Fsp3) is 0.556. The van der Waals surface area contributed by atoms with Crippen LogP contribution < -0.4 is 0 Å². The molecule has 0 N–H and O–H groups in total. The van der Waals surface area contributed by atoms with Gasteiger partial charge in [0.05, 0.1) is 12.5 Å². The van der Waals surface area contributed by atoms with E-state index in [9.17, 15) is 0 Å². The molecular formula is C9H17O4Si. The fourth-order valence-corrected chi connectivity index (χ4v) is 2.54. The molecule has 0 spiro atoms.